The molecule has 0 radical (unpaired) electrons. The molecule has 4 rings (SSSR count). The van der Waals surface area contributed by atoms with E-state index in [1.54, 1.807) is 41.1 Å². The van der Waals surface area contributed by atoms with Gasteiger partial charge in [0, 0.05) is 34.4 Å². The lowest BCUT2D eigenvalue weighted by molar-refractivity contribution is -0.125. The van der Waals surface area contributed by atoms with E-state index in [1.807, 2.05) is 19.1 Å². The van der Waals surface area contributed by atoms with Crippen LogP contribution in [-0.4, -0.2) is 27.5 Å². The fourth-order valence-electron chi connectivity index (χ4n) is 3.56. The lowest BCUT2D eigenvalue weighted by atomic mass is 10.1. The first kappa shape index (κ1) is 20.6. The van der Waals surface area contributed by atoms with Crippen LogP contribution in [0.25, 0.3) is 11.3 Å². The maximum Gasteiger partial charge on any atom is 0.249 e. The Bertz CT molecular complexity index is 1200. The smallest absolute Gasteiger partial charge is 0.249 e. The highest BCUT2D eigenvalue weighted by Gasteiger charge is 2.34. The second-order valence-electron chi connectivity index (χ2n) is 7.30. The molecule has 8 nitrogen and oxygen atoms in total. The normalized spacial score (nSPS) is 15.1. The predicted molar refractivity (Wildman–Crippen MR) is 119 cm³/mol. The van der Waals surface area contributed by atoms with Gasteiger partial charge in [0.1, 0.15) is 11.9 Å². The van der Waals surface area contributed by atoms with Crippen molar-refractivity contribution < 1.29 is 14.4 Å². The zero-order chi connectivity index (χ0) is 22.1. The number of amides is 3. The van der Waals surface area contributed by atoms with E-state index < -0.39 is 6.04 Å². The maximum atomic E-state index is 13.1. The highest BCUT2D eigenvalue weighted by Crippen LogP contribution is 2.35. The monoisotopic (exact) mass is 437 g/mol. The molecule has 0 spiro atoms. The number of nitrogens with one attached hydrogen (secondary N) is 3. The van der Waals surface area contributed by atoms with Crippen LogP contribution in [0.1, 0.15) is 24.9 Å². The summed E-state index contributed by atoms with van der Waals surface area (Å²) in [5.41, 5.74) is 3.25. The van der Waals surface area contributed by atoms with E-state index in [1.165, 1.54) is 6.92 Å². The zero-order valence-corrected chi connectivity index (χ0v) is 17.7. The third-order valence-corrected chi connectivity index (χ3v) is 5.17. The first-order chi connectivity index (χ1) is 14.8. The van der Waals surface area contributed by atoms with Crippen LogP contribution in [0.15, 0.2) is 48.5 Å². The summed E-state index contributed by atoms with van der Waals surface area (Å²) in [6, 6.07) is 13.2. The highest BCUT2D eigenvalue weighted by atomic mass is 35.5. The van der Waals surface area contributed by atoms with Crippen LogP contribution in [0.2, 0.25) is 5.02 Å². The number of fused-ring (bicyclic) bond motifs is 1. The molecule has 3 aromatic rings. The average Bonchev–Trinajstić information content (AvgIpc) is 3.03. The molecule has 0 bridgehead atoms. The Balaban J connectivity index is 1.65. The minimum Gasteiger partial charge on any atom is -0.326 e. The van der Waals surface area contributed by atoms with Crippen LogP contribution in [0.5, 0.6) is 0 Å². The fraction of sp³-hybridized carbons (Fsp3) is 0.182. The van der Waals surface area contributed by atoms with Gasteiger partial charge in [-0.1, -0.05) is 29.8 Å². The maximum absolute atomic E-state index is 13.1. The van der Waals surface area contributed by atoms with Gasteiger partial charge in [-0.05, 0) is 37.3 Å². The van der Waals surface area contributed by atoms with Gasteiger partial charge in [0.05, 0.1) is 12.1 Å². The van der Waals surface area contributed by atoms with E-state index in [2.05, 4.69) is 21.0 Å². The summed E-state index contributed by atoms with van der Waals surface area (Å²) in [5.74, 6) is -0.368. The van der Waals surface area contributed by atoms with Crippen LogP contribution in [-0.2, 0) is 14.4 Å². The van der Waals surface area contributed by atoms with Gasteiger partial charge in [0.2, 0.25) is 17.7 Å². The SMILES string of the molecule is CC(=O)Nc1cccc(NC(=O)[C@H]2CC(=O)Nc3c(C)c(-c4cccc(Cl)c4)nn32)c1. The van der Waals surface area contributed by atoms with Crippen LogP contribution < -0.4 is 16.0 Å². The van der Waals surface area contributed by atoms with Gasteiger partial charge in [-0.2, -0.15) is 5.10 Å². The van der Waals surface area contributed by atoms with Gasteiger partial charge in [0.15, 0.2) is 0 Å². The summed E-state index contributed by atoms with van der Waals surface area (Å²) in [5, 5.41) is 13.5. The van der Waals surface area contributed by atoms with Gasteiger partial charge in [0.25, 0.3) is 0 Å². The van der Waals surface area contributed by atoms with Gasteiger partial charge >= 0.3 is 0 Å². The van der Waals surface area contributed by atoms with Crippen LogP contribution in [0, 0.1) is 6.92 Å². The van der Waals surface area contributed by atoms with Gasteiger partial charge in [-0.15, -0.1) is 0 Å². The van der Waals surface area contributed by atoms with E-state index in [0.29, 0.717) is 27.9 Å². The van der Waals surface area contributed by atoms with Crippen LogP contribution in [0.3, 0.4) is 0 Å². The minimum atomic E-state index is -0.820. The Morgan fingerprint density at radius 3 is 2.55 bits per heavy atom. The van der Waals surface area contributed by atoms with E-state index in [4.69, 9.17) is 11.6 Å². The quantitative estimate of drug-likeness (QED) is 0.573. The van der Waals surface area contributed by atoms with Gasteiger partial charge < -0.3 is 16.0 Å². The molecule has 2 heterocycles. The van der Waals surface area contributed by atoms with Gasteiger partial charge in [-0.25, -0.2) is 4.68 Å². The van der Waals surface area contributed by atoms with Crippen molar-refractivity contribution >= 4 is 46.5 Å². The number of nitrogens with zero attached hydrogens (tertiary/aromatic N) is 2. The van der Waals surface area contributed by atoms with Crippen molar-refractivity contribution in [1.82, 2.24) is 9.78 Å². The second kappa shape index (κ2) is 8.23. The second-order valence-corrected chi connectivity index (χ2v) is 7.73. The third kappa shape index (κ3) is 4.29. The number of hydrogen-bond donors (Lipinski definition) is 3. The number of aromatic nitrogens is 2. The number of rotatable bonds is 4. The lowest BCUT2D eigenvalue weighted by Gasteiger charge is -2.24. The standard InChI is InChI=1S/C22H20ClN5O3/c1-12-20(14-5-3-6-15(23)9-14)27-28-18(11-19(30)26-21(12)28)22(31)25-17-8-4-7-16(10-17)24-13(2)29/h3-10,18H,11H2,1-2H3,(H,24,29)(H,25,31)(H,26,30)/t18-/m1/s1. The molecule has 1 aromatic heterocycles. The summed E-state index contributed by atoms with van der Waals surface area (Å²) >= 11 is 6.12. The van der Waals surface area contributed by atoms with Crippen molar-refractivity contribution in [1.29, 1.82) is 0 Å². The number of anilines is 3. The van der Waals surface area contributed by atoms with Crippen molar-refractivity contribution in [2.75, 3.05) is 16.0 Å². The topological polar surface area (TPSA) is 105 Å². The summed E-state index contributed by atoms with van der Waals surface area (Å²) in [6.45, 7) is 3.25. The van der Waals surface area contributed by atoms with Crippen LogP contribution in [0.4, 0.5) is 17.2 Å². The number of benzene rings is 2. The van der Waals surface area contributed by atoms with Crippen molar-refractivity contribution in [2.24, 2.45) is 0 Å². The molecule has 0 aliphatic carbocycles. The summed E-state index contributed by atoms with van der Waals surface area (Å²) in [7, 11) is 0. The number of carbonyl (C=O) groups is 3. The van der Waals surface area contributed by atoms with E-state index in [9.17, 15) is 14.4 Å². The first-order valence-corrected chi connectivity index (χ1v) is 10.0. The Hall–Kier alpha value is -3.65. The fourth-order valence-corrected chi connectivity index (χ4v) is 3.75. The van der Waals surface area contributed by atoms with Crippen molar-refractivity contribution in [3.05, 3.63) is 59.1 Å². The molecule has 1 aliphatic heterocycles. The van der Waals surface area contributed by atoms with Gasteiger partial charge in [-0.3, -0.25) is 14.4 Å². The molecular formula is C22H20ClN5O3. The van der Waals surface area contributed by atoms with Crippen molar-refractivity contribution in [3.63, 3.8) is 0 Å². The van der Waals surface area contributed by atoms with E-state index in [-0.39, 0.29) is 24.1 Å². The summed E-state index contributed by atoms with van der Waals surface area (Å²) in [4.78, 5) is 36.7. The number of halogens is 1. The lowest BCUT2D eigenvalue weighted by Crippen LogP contribution is -2.35. The Labute approximate surface area is 183 Å². The molecule has 31 heavy (non-hydrogen) atoms. The molecule has 0 unspecified atom stereocenters. The third-order valence-electron chi connectivity index (χ3n) is 4.93. The average molecular weight is 438 g/mol. The molecule has 1 aliphatic rings. The number of carbonyl (C=O) groups excluding carboxylic acids is 3. The molecule has 2 aromatic carbocycles. The molecule has 0 saturated carbocycles. The Kier molecular flexibility index (Phi) is 5.48. The highest BCUT2D eigenvalue weighted by molar-refractivity contribution is 6.30. The summed E-state index contributed by atoms with van der Waals surface area (Å²) in [6.07, 6.45) is -0.0413. The number of hydrogen-bond acceptors (Lipinski definition) is 4. The molecule has 0 saturated heterocycles. The first-order valence-electron chi connectivity index (χ1n) is 9.65. The Morgan fingerprint density at radius 1 is 1.13 bits per heavy atom. The van der Waals surface area contributed by atoms with Crippen molar-refractivity contribution in [2.45, 2.75) is 26.3 Å². The largest absolute Gasteiger partial charge is 0.326 e. The van der Waals surface area contributed by atoms with E-state index in [0.717, 1.165) is 11.1 Å². The zero-order valence-electron chi connectivity index (χ0n) is 16.9. The molecule has 1 atom stereocenters. The summed E-state index contributed by atoms with van der Waals surface area (Å²) < 4.78 is 1.54. The van der Waals surface area contributed by atoms with Crippen LogP contribution >= 0.6 is 11.6 Å². The molecule has 3 N–H and O–H groups in total. The van der Waals surface area contributed by atoms with E-state index >= 15 is 0 Å². The molecular weight excluding hydrogens is 418 g/mol. The molecule has 3 amide bonds. The molecule has 158 valence electrons. The Morgan fingerprint density at radius 2 is 1.84 bits per heavy atom. The molecule has 0 fully saturated rings. The predicted octanol–water partition coefficient (Wildman–Crippen LogP) is 3.99. The molecule has 9 heteroatoms. The van der Waals surface area contributed by atoms with Crippen molar-refractivity contribution in [3.8, 4) is 11.3 Å². The minimum absolute atomic E-state index is 0.0413.